The summed E-state index contributed by atoms with van der Waals surface area (Å²) in [6.45, 7) is 6.28. The van der Waals surface area contributed by atoms with Crippen molar-refractivity contribution in [2.24, 2.45) is 0 Å². The molecule has 3 atom stereocenters. The number of esters is 1. The molecule has 0 aliphatic rings. The summed E-state index contributed by atoms with van der Waals surface area (Å²) in [5.41, 5.74) is 0. The van der Waals surface area contributed by atoms with Crippen molar-refractivity contribution >= 4 is 11.9 Å². The monoisotopic (exact) mass is 808 g/mol. The fourth-order valence-electron chi connectivity index (χ4n) is 6.60. The van der Waals surface area contributed by atoms with Crippen LogP contribution in [0.5, 0.6) is 0 Å². The number of hydrogen-bond acceptors (Lipinski definition) is 5. The van der Waals surface area contributed by atoms with Crippen LogP contribution in [0.15, 0.2) is 85.1 Å². The van der Waals surface area contributed by atoms with Crippen LogP contribution >= 0.6 is 0 Å². The Morgan fingerprint density at radius 3 is 1.50 bits per heavy atom. The molecule has 0 aromatic rings. The number of ether oxygens (including phenoxy) is 1. The van der Waals surface area contributed by atoms with Crippen molar-refractivity contribution < 1.29 is 24.5 Å². The molecule has 0 aromatic heterocycles. The highest BCUT2D eigenvalue weighted by Gasteiger charge is 2.23. The average molecular weight is 808 g/mol. The smallest absolute Gasteiger partial charge is 0.306 e. The highest BCUT2D eigenvalue weighted by Crippen LogP contribution is 2.15. The first kappa shape index (κ1) is 55.0. The molecule has 1 amide bonds. The fourth-order valence-corrected chi connectivity index (χ4v) is 6.60. The second-order valence-electron chi connectivity index (χ2n) is 15.8. The highest BCUT2D eigenvalue weighted by atomic mass is 16.5. The van der Waals surface area contributed by atoms with Gasteiger partial charge in [0.05, 0.1) is 25.2 Å². The summed E-state index contributed by atoms with van der Waals surface area (Å²) in [7, 11) is 0. The van der Waals surface area contributed by atoms with E-state index in [1.165, 1.54) is 70.6 Å². The van der Waals surface area contributed by atoms with E-state index in [2.05, 4.69) is 99.0 Å². The number of carbonyl (C=O) groups is 2. The standard InChI is InChI=1S/C52H89NO5/c1-4-7-10-13-16-19-22-24-26-27-29-31-34-37-40-43-48(58-52(57)45-42-39-36-33-30-28-25-23-20-17-14-11-8-5-2)46-51(56)53-49(47-54)50(55)44-41-38-35-32-21-18-15-12-9-6-3/h8,11,16-17,19-20,24-26,28-29,31,37,40,48-50,54-55H,4-7,9-10,12-15,18,21-23,27,30,32-36,38-39,41-47H2,1-3H3,(H,53,56)/b11-8+,19-16-,20-17+,26-24-,28-25+,31-29-,40-37-. The summed E-state index contributed by atoms with van der Waals surface area (Å²) in [6.07, 6.45) is 58.0. The minimum Gasteiger partial charge on any atom is -0.461 e. The third-order valence-corrected chi connectivity index (χ3v) is 10.2. The zero-order valence-electron chi connectivity index (χ0n) is 37.6. The predicted molar refractivity (Wildman–Crippen MR) is 250 cm³/mol. The normalized spacial score (nSPS) is 14.1. The van der Waals surface area contributed by atoms with Gasteiger partial charge in [-0.2, -0.15) is 0 Å². The molecule has 0 bridgehead atoms. The lowest BCUT2D eigenvalue weighted by Gasteiger charge is -2.24. The molecule has 6 heteroatoms. The summed E-state index contributed by atoms with van der Waals surface area (Å²) in [4.78, 5) is 26.0. The molecule has 0 heterocycles. The van der Waals surface area contributed by atoms with Crippen LogP contribution in [0.1, 0.15) is 207 Å². The number of unbranched alkanes of at least 4 members (excludes halogenated alkanes) is 16. The number of rotatable bonds is 41. The van der Waals surface area contributed by atoms with Crippen LogP contribution in [-0.4, -0.2) is 46.9 Å². The Morgan fingerprint density at radius 1 is 0.534 bits per heavy atom. The van der Waals surface area contributed by atoms with E-state index in [4.69, 9.17) is 4.74 Å². The lowest BCUT2D eigenvalue weighted by Crippen LogP contribution is -2.46. The highest BCUT2D eigenvalue weighted by molar-refractivity contribution is 5.77. The molecule has 6 nitrogen and oxygen atoms in total. The van der Waals surface area contributed by atoms with Gasteiger partial charge in [-0.15, -0.1) is 0 Å². The van der Waals surface area contributed by atoms with Gasteiger partial charge >= 0.3 is 5.97 Å². The van der Waals surface area contributed by atoms with Gasteiger partial charge in [-0.1, -0.05) is 196 Å². The summed E-state index contributed by atoms with van der Waals surface area (Å²) in [6, 6.07) is -0.738. The quantitative estimate of drug-likeness (QED) is 0.0325. The van der Waals surface area contributed by atoms with E-state index in [-0.39, 0.29) is 24.9 Å². The van der Waals surface area contributed by atoms with Crippen LogP contribution in [0.2, 0.25) is 0 Å². The number of allylic oxidation sites excluding steroid dienone is 13. The topological polar surface area (TPSA) is 95.9 Å². The molecule has 0 radical (unpaired) electrons. The van der Waals surface area contributed by atoms with Gasteiger partial charge in [0.15, 0.2) is 0 Å². The second-order valence-corrected chi connectivity index (χ2v) is 15.8. The Hall–Kier alpha value is -2.96. The first-order valence-corrected chi connectivity index (χ1v) is 23.8. The van der Waals surface area contributed by atoms with E-state index < -0.39 is 18.2 Å². The number of aliphatic hydroxyl groups excluding tert-OH is 2. The Bertz CT molecular complexity index is 1130. The number of nitrogens with one attached hydrogen (secondary N) is 1. The summed E-state index contributed by atoms with van der Waals surface area (Å²) < 4.78 is 5.84. The molecule has 3 unspecified atom stereocenters. The van der Waals surface area contributed by atoms with Crippen LogP contribution in [0.4, 0.5) is 0 Å². The largest absolute Gasteiger partial charge is 0.461 e. The molecule has 0 aliphatic heterocycles. The van der Waals surface area contributed by atoms with Gasteiger partial charge in [0, 0.05) is 12.8 Å². The molecule has 0 saturated heterocycles. The van der Waals surface area contributed by atoms with Gasteiger partial charge in [0.25, 0.3) is 0 Å². The Labute approximate surface area is 357 Å². The molecule has 0 fully saturated rings. The lowest BCUT2D eigenvalue weighted by molar-refractivity contribution is -0.150. The van der Waals surface area contributed by atoms with Crippen LogP contribution < -0.4 is 5.32 Å². The minimum absolute atomic E-state index is 0.0117. The first-order valence-electron chi connectivity index (χ1n) is 23.8. The number of aliphatic hydroxyl groups is 2. The van der Waals surface area contributed by atoms with Gasteiger partial charge in [0.1, 0.15) is 6.10 Å². The summed E-state index contributed by atoms with van der Waals surface area (Å²) >= 11 is 0. The summed E-state index contributed by atoms with van der Waals surface area (Å²) in [5.74, 6) is -0.611. The Morgan fingerprint density at radius 2 is 0.966 bits per heavy atom. The Balaban J connectivity index is 4.81. The van der Waals surface area contributed by atoms with Crippen LogP contribution in [0.3, 0.4) is 0 Å². The van der Waals surface area contributed by atoms with Gasteiger partial charge in [0.2, 0.25) is 5.91 Å². The number of hydrogen-bond donors (Lipinski definition) is 3. The van der Waals surface area contributed by atoms with Crippen molar-refractivity contribution in [2.45, 2.75) is 225 Å². The molecule has 58 heavy (non-hydrogen) atoms. The van der Waals surface area contributed by atoms with E-state index in [1.807, 2.05) is 12.2 Å². The van der Waals surface area contributed by atoms with Gasteiger partial charge in [-0.3, -0.25) is 9.59 Å². The molecular weight excluding hydrogens is 719 g/mol. The zero-order valence-corrected chi connectivity index (χ0v) is 37.6. The van der Waals surface area contributed by atoms with Crippen LogP contribution in [-0.2, 0) is 14.3 Å². The van der Waals surface area contributed by atoms with Crippen molar-refractivity contribution in [3.63, 3.8) is 0 Å². The maximum atomic E-state index is 13.1. The molecular formula is C52H89NO5. The van der Waals surface area contributed by atoms with Crippen molar-refractivity contribution in [3.8, 4) is 0 Å². The lowest BCUT2D eigenvalue weighted by atomic mass is 10.0. The molecule has 3 N–H and O–H groups in total. The Kier molecular flexibility index (Phi) is 42.8. The van der Waals surface area contributed by atoms with Gasteiger partial charge in [-0.25, -0.2) is 0 Å². The molecule has 0 saturated carbocycles. The van der Waals surface area contributed by atoms with Crippen LogP contribution in [0, 0.1) is 0 Å². The number of amides is 1. The van der Waals surface area contributed by atoms with Crippen LogP contribution in [0.25, 0.3) is 0 Å². The maximum absolute atomic E-state index is 13.1. The van der Waals surface area contributed by atoms with E-state index in [1.54, 1.807) is 0 Å². The SMILES string of the molecule is CC/C=C/C/C=C/C/C=C/CCCCCCC(=O)OC(C/C=C\C/C=C\C/C=C\C/C=C\CCCCC)CC(=O)NC(CO)C(O)CCCCCCCCCCCC. The van der Waals surface area contributed by atoms with E-state index >= 15 is 0 Å². The van der Waals surface area contributed by atoms with Crippen molar-refractivity contribution in [3.05, 3.63) is 85.1 Å². The van der Waals surface area contributed by atoms with E-state index in [0.717, 1.165) is 89.9 Å². The zero-order chi connectivity index (χ0) is 42.4. The minimum atomic E-state index is -0.817. The van der Waals surface area contributed by atoms with Crippen molar-refractivity contribution in [1.29, 1.82) is 0 Å². The average Bonchev–Trinajstić information content (AvgIpc) is 3.22. The number of carbonyl (C=O) groups excluding carboxylic acids is 2. The van der Waals surface area contributed by atoms with E-state index in [0.29, 0.717) is 19.3 Å². The molecule has 0 aliphatic carbocycles. The fraction of sp³-hybridized carbons (Fsp3) is 0.692. The maximum Gasteiger partial charge on any atom is 0.306 e. The van der Waals surface area contributed by atoms with Crippen molar-refractivity contribution in [1.82, 2.24) is 5.32 Å². The molecule has 0 rings (SSSR count). The second kappa shape index (κ2) is 45.1. The van der Waals surface area contributed by atoms with E-state index in [9.17, 15) is 19.8 Å². The predicted octanol–water partition coefficient (Wildman–Crippen LogP) is 14.0. The molecule has 332 valence electrons. The third-order valence-electron chi connectivity index (χ3n) is 10.2. The summed E-state index contributed by atoms with van der Waals surface area (Å²) in [5, 5.41) is 23.6. The van der Waals surface area contributed by atoms with Gasteiger partial charge < -0.3 is 20.3 Å². The first-order chi connectivity index (χ1) is 28.5. The molecule has 0 spiro atoms. The third kappa shape index (κ3) is 39.8. The van der Waals surface area contributed by atoms with Crippen molar-refractivity contribution in [2.75, 3.05) is 6.61 Å². The van der Waals surface area contributed by atoms with Gasteiger partial charge in [-0.05, 0) is 77.0 Å². The molecule has 0 aromatic carbocycles.